The second-order valence-electron chi connectivity index (χ2n) is 9.41. The molecule has 2 heterocycles. The van der Waals surface area contributed by atoms with Crippen LogP contribution >= 0.6 is 11.8 Å². The minimum Gasteiger partial charge on any atom is -0.507 e. The van der Waals surface area contributed by atoms with E-state index in [9.17, 15) is 24.3 Å². The number of hydrogen-bond donors (Lipinski definition) is 2. The molecule has 1 saturated heterocycles. The van der Waals surface area contributed by atoms with Gasteiger partial charge >= 0.3 is 5.97 Å². The summed E-state index contributed by atoms with van der Waals surface area (Å²) in [5.41, 5.74) is 2.22. The number of carboxylic acid groups (broad SMARTS) is 1. The van der Waals surface area contributed by atoms with Crippen LogP contribution in [0, 0.1) is 20.8 Å². The molecule has 0 bridgehead atoms. The zero-order valence-corrected chi connectivity index (χ0v) is 21.2. The van der Waals surface area contributed by atoms with Crippen molar-refractivity contribution in [1.29, 1.82) is 0 Å². The Morgan fingerprint density at radius 3 is 2.44 bits per heavy atom. The number of amides is 2. The number of hydrogen-bond acceptors (Lipinski definition) is 8. The first-order chi connectivity index (χ1) is 16.9. The third-order valence-corrected chi connectivity index (χ3v) is 7.64. The van der Waals surface area contributed by atoms with E-state index in [2.05, 4.69) is 0 Å². The van der Waals surface area contributed by atoms with Crippen molar-refractivity contribution >= 4 is 34.7 Å². The number of thioether (sulfide) groups is 1. The first kappa shape index (κ1) is 25.6. The molecule has 36 heavy (non-hydrogen) atoms. The number of fused-ring (bicyclic) bond motifs is 1. The van der Waals surface area contributed by atoms with Crippen LogP contribution in [0.1, 0.15) is 46.0 Å². The maximum Gasteiger partial charge on any atom is 0.323 e. The molecule has 2 unspecified atom stereocenters. The van der Waals surface area contributed by atoms with Gasteiger partial charge in [0.2, 0.25) is 5.91 Å². The number of Topliss-reactive ketones (excluding diaryl/α,β-unsaturated/α-hetero) is 1. The lowest BCUT2D eigenvalue weighted by Gasteiger charge is -2.36. The first-order valence-corrected chi connectivity index (χ1v) is 12.3. The summed E-state index contributed by atoms with van der Waals surface area (Å²) in [6.07, 6.45) is 0.380. The molecule has 10 heteroatoms. The summed E-state index contributed by atoms with van der Waals surface area (Å²) in [5.74, 6) is -0.720. The fourth-order valence-corrected chi connectivity index (χ4v) is 5.47. The van der Waals surface area contributed by atoms with Gasteiger partial charge in [-0.3, -0.25) is 24.1 Å². The van der Waals surface area contributed by atoms with Crippen molar-refractivity contribution in [2.75, 3.05) is 13.2 Å². The van der Waals surface area contributed by atoms with E-state index in [0.717, 1.165) is 27.8 Å². The van der Waals surface area contributed by atoms with Gasteiger partial charge in [0.05, 0.1) is 17.2 Å². The zero-order chi connectivity index (χ0) is 26.4. The van der Waals surface area contributed by atoms with E-state index in [1.807, 2.05) is 13.8 Å². The average molecular weight is 514 g/mol. The highest BCUT2D eigenvalue weighted by Crippen LogP contribution is 2.43. The topological polar surface area (TPSA) is 130 Å². The fourth-order valence-electron chi connectivity index (χ4n) is 4.44. The predicted molar refractivity (Wildman–Crippen MR) is 132 cm³/mol. The number of aliphatic carboxylic acids is 1. The van der Waals surface area contributed by atoms with Crippen molar-refractivity contribution in [1.82, 2.24) is 4.90 Å². The average Bonchev–Trinajstić information content (AvgIpc) is 3.07. The molecule has 2 aromatic rings. The van der Waals surface area contributed by atoms with Crippen molar-refractivity contribution in [2.45, 2.75) is 51.4 Å². The number of carbonyl (C=O) groups excluding carboxylic acids is 3. The number of phenolic OH excluding ortho intramolecular Hbond substituents is 1. The van der Waals surface area contributed by atoms with Gasteiger partial charge in [-0.2, -0.15) is 0 Å². The molecular weight excluding hydrogens is 486 g/mol. The van der Waals surface area contributed by atoms with E-state index in [1.54, 1.807) is 38.1 Å². The van der Waals surface area contributed by atoms with Crippen LogP contribution in [0.25, 0.3) is 0 Å². The molecule has 2 aliphatic heterocycles. The van der Waals surface area contributed by atoms with Gasteiger partial charge in [-0.15, -0.1) is 0 Å². The monoisotopic (exact) mass is 513 g/mol. The highest BCUT2D eigenvalue weighted by atomic mass is 32.2. The molecule has 0 aromatic heterocycles. The van der Waals surface area contributed by atoms with Crippen molar-refractivity contribution < 1.29 is 38.9 Å². The molecule has 2 aromatic carbocycles. The molecule has 2 atom stereocenters. The van der Waals surface area contributed by atoms with Gasteiger partial charge in [0.1, 0.15) is 36.0 Å². The lowest BCUT2D eigenvalue weighted by molar-refractivity contribution is -0.141. The number of carboxylic acids is 1. The lowest BCUT2D eigenvalue weighted by atomic mass is 9.86. The van der Waals surface area contributed by atoms with E-state index in [-0.39, 0.29) is 31.0 Å². The second-order valence-corrected chi connectivity index (χ2v) is 10.6. The van der Waals surface area contributed by atoms with Gasteiger partial charge in [0.25, 0.3) is 5.24 Å². The van der Waals surface area contributed by atoms with Crippen molar-refractivity contribution in [2.24, 2.45) is 0 Å². The molecule has 1 fully saturated rings. The minimum absolute atomic E-state index is 0.1000. The molecule has 0 radical (unpaired) electrons. The normalized spacial score (nSPS) is 21.4. The van der Waals surface area contributed by atoms with E-state index in [0.29, 0.717) is 28.2 Å². The Morgan fingerprint density at radius 1 is 1.14 bits per heavy atom. The number of ketones is 1. The van der Waals surface area contributed by atoms with E-state index in [1.165, 1.54) is 0 Å². The van der Waals surface area contributed by atoms with E-state index in [4.69, 9.17) is 14.6 Å². The molecule has 2 N–H and O–H groups in total. The fraction of sp³-hybridized carbons (Fsp3) is 0.385. The van der Waals surface area contributed by atoms with Crippen LogP contribution in [0.3, 0.4) is 0 Å². The Bertz CT molecular complexity index is 1270. The zero-order valence-electron chi connectivity index (χ0n) is 20.4. The lowest BCUT2D eigenvalue weighted by Crippen LogP contribution is -2.44. The van der Waals surface area contributed by atoms with Crippen LogP contribution in [-0.4, -0.2) is 62.0 Å². The number of imide groups is 1. The smallest absolute Gasteiger partial charge is 0.323 e. The number of aromatic hydroxyl groups is 1. The third-order valence-electron chi connectivity index (χ3n) is 6.56. The molecule has 190 valence electrons. The van der Waals surface area contributed by atoms with Crippen molar-refractivity contribution in [3.05, 3.63) is 52.1 Å². The van der Waals surface area contributed by atoms with E-state index >= 15 is 0 Å². The van der Waals surface area contributed by atoms with Gasteiger partial charge < -0.3 is 19.7 Å². The summed E-state index contributed by atoms with van der Waals surface area (Å²) in [5, 5.41) is 18.0. The van der Waals surface area contributed by atoms with Crippen LogP contribution in [0.5, 0.6) is 17.2 Å². The maximum atomic E-state index is 13.0. The largest absolute Gasteiger partial charge is 0.507 e. The van der Waals surface area contributed by atoms with Gasteiger partial charge in [-0.25, -0.2) is 0 Å². The minimum atomic E-state index is -1.24. The van der Waals surface area contributed by atoms with Gasteiger partial charge in [-0.05, 0) is 62.9 Å². The number of ether oxygens (including phenoxy) is 2. The summed E-state index contributed by atoms with van der Waals surface area (Å²) < 4.78 is 12.2. The van der Waals surface area contributed by atoms with Crippen LogP contribution < -0.4 is 9.47 Å². The molecular formula is C26H27NO8S. The molecule has 4 rings (SSSR count). The van der Waals surface area contributed by atoms with Crippen LogP contribution in [-0.2, 0) is 16.0 Å². The Balaban J connectivity index is 1.41. The standard InChI is InChI=1S/C26H27NO8S/c1-13-14(2)23-21(15(3)22(13)31)18(28)10-26(4,35-23)12-34-17-7-5-16(6-8-17)9-19-24(32)27(11-20(29)30)25(33)36-19/h5-8,19,31H,9-12H2,1-4H3,(H,29,30). The number of nitrogens with zero attached hydrogens (tertiary/aromatic N) is 1. The molecule has 2 aliphatic rings. The van der Waals surface area contributed by atoms with Gasteiger partial charge in [0, 0.05) is 5.56 Å². The van der Waals surface area contributed by atoms with Crippen molar-refractivity contribution in [3.8, 4) is 17.2 Å². The van der Waals surface area contributed by atoms with Crippen molar-refractivity contribution in [3.63, 3.8) is 0 Å². The van der Waals surface area contributed by atoms with E-state index < -0.39 is 34.5 Å². The summed E-state index contributed by atoms with van der Waals surface area (Å²) in [4.78, 5) is 48.9. The van der Waals surface area contributed by atoms with Crippen LogP contribution in [0.2, 0.25) is 0 Å². The maximum absolute atomic E-state index is 13.0. The Morgan fingerprint density at radius 2 is 1.81 bits per heavy atom. The molecule has 9 nitrogen and oxygen atoms in total. The Kier molecular flexibility index (Phi) is 6.74. The summed E-state index contributed by atoms with van der Waals surface area (Å²) >= 11 is 0.829. The molecule has 2 amide bonds. The number of carbonyl (C=O) groups is 4. The quantitative estimate of drug-likeness (QED) is 0.567. The number of rotatable bonds is 7. The highest BCUT2D eigenvalue weighted by molar-refractivity contribution is 8.15. The Hall–Kier alpha value is -3.53. The SMILES string of the molecule is Cc1c(C)c2c(c(C)c1O)C(=O)CC(C)(COc1ccc(CC3SC(=O)N(CC(=O)O)C3=O)cc1)O2. The second kappa shape index (κ2) is 9.50. The summed E-state index contributed by atoms with van der Waals surface area (Å²) in [6.45, 7) is 6.59. The Labute approximate surface area is 212 Å². The molecule has 0 spiro atoms. The highest BCUT2D eigenvalue weighted by Gasteiger charge is 2.41. The van der Waals surface area contributed by atoms with Gasteiger partial charge in [0.15, 0.2) is 5.78 Å². The van der Waals surface area contributed by atoms with Gasteiger partial charge in [-0.1, -0.05) is 23.9 Å². The number of phenols is 1. The summed E-state index contributed by atoms with van der Waals surface area (Å²) in [6, 6.07) is 7.01. The molecule has 0 aliphatic carbocycles. The number of benzene rings is 2. The molecule has 0 saturated carbocycles. The first-order valence-electron chi connectivity index (χ1n) is 11.4. The van der Waals surface area contributed by atoms with Crippen LogP contribution in [0.4, 0.5) is 4.79 Å². The van der Waals surface area contributed by atoms with Crippen LogP contribution in [0.15, 0.2) is 24.3 Å². The third kappa shape index (κ3) is 4.77. The summed E-state index contributed by atoms with van der Waals surface area (Å²) in [7, 11) is 0. The predicted octanol–water partition coefficient (Wildman–Crippen LogP) is 3.81.